The predicted octanol–water partition coefficient (Wildman–Crippen LogP) is 2.83. The fraction of sp³-hybridized carbons (Fsp3) is 0.222. The number of carbonyl (C=O) groups is 1. The van der Waals surface area contributed by atoms with Gasteiger partial charge in [0.25, 0.3) is 0 Å². The predicted molar refractivity (Wildman–Crippen MR) is 105 cm³/mol. The molecule has 0 aromatic heterocycles. The summed E-state index contributed by atoms with van der Waals surface area (Å²) >= 11 is 15.0. The minimum absolute atomic E-state index is 0.0127. The summed E-state index contributed by atoms with van der Waals surface area (Å²) in [7, 11) is 9.12. The molecular formula is C9H9ClOS8. The number of ketones is 1. The van der Waals surface area contributed by atoms with Crippen LogP contribution >= 0.6 is 11.6 Å². The molecule has 0 saturated heterocycles. The van der Waals surface area contributed by atoms with Crippen LogP contribution in [0.4, 0.5) is 0 Å². The number of carbonyl (C=O) groups excluding carboxylic acids is 1. The van der Waals surface area contributed by atoms with Crippen molar-refractivity contribution in [1.82, 2.24) is 0 Å². The second-order valence-corrected chi connectivity index (χ2v) is 14.0. The van der Waals surface area contributed by atoms with E-state index < -0.39 is 0 Å². The Morgan fingerprint density at radius 2 is 1.63 bits per heavy atom. The van der Waals surface area contributed by atoms with Gasteiger partial charge < -0.3 is 0 Å². The Bertz CT molecular complexity index is 663. The number of Topliss-reactive ketones (excluding diaryl/α,β-unsaturated/α-hetero) is 1. The molecule has 19 heavy (non-hydrogen) atoms. The molecule has 0 fully saturated rings. The molecule has 106 valence electrons. The Balaban J connectivity index is 0.000000362. The van der Waals surface area contributed by atoms with Crippen LogP contribution in [0.5, 0.6) is 0 Å². The highest BCUT2D eigenvalue weighted by Crippen LogP contribution is 2.17. The standard InChI is InChI=1S/C9H9ClO.S8/c1-6-3-4-9(10)8(5-6)7(2)11;1-3-5-7-8-6-4-2/h3-5H,1-2H3;. The lowest BCUT2D eigenvalue weighted by atomic mass is 10.1. The van der Waals surface area contributed by atoms with Crippen molar-refractivity contribution in [2.24, 2.45) is 0 Å². The van der Waals surface area contributed by atoms with E-state index in [0.29, 0.717) is 10.6 Å². The molecule has 1 nitrogen and oxygen atoms in total. The van der Waals surface area contributed by atoms with Gasteiger partial charge in [-0.25, -0.2) is 0 Å². The first-order chi connectivity index (χ1) is 9.02. The lowest BCUT2D eigenvalue weighted by Gasteiger charge is -1.99. The molecule has 0 spiro atoms. The number of aryl methyl sites for hydroxylation is 1. The van der Waals surface area contributed by atoms with E-state index in [9.17, 15) is 4.79 Å². The monoisotopic (exact) mass is 424 g/mol. The molecule has 0 heterocycles. The van der Waals surface area contributed by atoms with Crippen molar-refractivity contribution in [2.45, 2.75) is 13.8 Å². The second-order valence-electron chi connectivity index (χ2n) is 2.95. The summed E-state index contributed by atoms with van der Waals surface area (Å²) in [5, 5.41) is 0.531. The normalized spacial score (nSPS) is 8.37. The third-order valence-corrected chi connectivity index (χ3v) is 13.1. The van der Waals surface area contributed by atoms with Crippen LogP contribution in [0.3, 0.4) is 0 Å². The number of rotatable bonds is 1. The van der Waals surface area contributed by atoms with Crippen LogP contribution in [0.1, 0.15) is 22.8 Å². The number of benzene rings is 1. The Kier molecular flexibility index (Phi) is 13.3. The minimum atomic E-state index is 0.0127. The van der Waals surface area contributed by atoms with Crippen molar-refractivity contribution in [3.05, 3.63) is 34.3 Å². The van der Waals surface area contributed by atoms with Crippen molar-refractivity contribution in [1.29, 1.82) is 0 Å². The van der Waals surface area contributed by atoms with Crippen LogP contribution < -0.4 is 0 Å². The summed E-state index contributed by atoms with van der Waals surface area (Å²) in [4.78, 5) is 10.9. The van der Waals surface area contributed by atoms with Gasteiger partial charge in [0.15, 0.2) is 5.78 Å². The van der Waals surface area contributed by atoms with Crippen LogP contribution in [-0.4, -0.2) is 5.78 Å². The van der Waals surface area contributed by atoms with Crippen molar-refractivity contribution >= 4 is 93.0 Å². The summed E-state index contributed by atoms with van der Waals surface area (Å²) in [5.74, 6) is 0.0127. The number of hydrogen-bond acceptors (Lipinski definition) is 3. The van der Waals surface area contributed by atoms with Gasteiger partial charge in [-0.15, -0.1) is 0 Å². The van der Waals surface area contributed by atoms with Crippen LogP contribution in [0, 0.1) is 6.92 Å². The molecule has 1 aromatic rings. The van der Waals surface area contributed by atoms with Crippen LogP contribution in [0.2, 0.25) is 5.02 Å². The van der Waals surface area contributed by atoms with Crippen LogP contribution in [0.25, 0.3) is 0 Å². The maximum absolute atomic E-state index is 10.9. The van der Waals surface area contributed by atoms with Gasteiger partial charge in [0.1, 0.15) is 0 Å². The van der Waals surface area contributed by atoms with Gasteiger partial charge in [-0.2, -0.15) is 0 Å². The zero-order valence-electron chi connectivity index (χ0n) is 9.78. The molecule has 1 aromatic carbocycles. The lowest BCUT2D eigenvalue weighted by molar-refractivity contribution is 0.101. The van der Waals surface area contributed by atoms with E-state index in [2.05, 4.69) is 22.4 Å². The van der Waals surface area contributed by atoms with Gasteiger partial charge in [0.05, 0.1) is 5.02 Å². The summed E-state index contributed by atoms with van der Waals surface area (Å²) in [6.07, 6.45) is 0. The molecule has 10 heteroatoms. The van der Waals surface area contributed by atoms with Crippen molar-refractivity contribution in [2.75, 3.05) is 0 Å². The van der Waals surface area contributed by atoms with E-state index in [1.807, 2.05) is 13.0 Å². The molecular weight excluding hydrogens is 416 g/mol. The zero-order valence-corrected chi connectivity index (χ0v) is 17.1. The molecule has 0 atom stereocenters. The van der Waals surface area contributed by atoms with Gasteiger partial charge in [-0.05, 0) is 26.0 Å². The molecule has 0 aliphatic carbocycles. The third kappa shape index (κ3) is 10.3. The first-order valence-electron chi connectivity index (χ1n) is 4.55. The number of hydrogen-bond donors (Lipinski definition) is 0. The molecule has 0 aliphatic heterocycles. The highest BCUT2D eigenvalue weighted by atomic mass is 35.5. The molecule has 0 radical (unpaired) electrons. The maximum Gasteiger partial charge on any atom is 0.161 e. The molecule has 0 saturated carbocycles. The van der Waals surface area contributed by atoms with Gasteiger partial charge >= 0.3 is 0 Å². The second kappa shape index (κ2) is 12.7. The van der Waals surface area contributed by atoms with Crippen LogP contribution in [-0.2, 0) is 75.7 Å². The van der Waals surface area contributed by atoms with Gasteiger partial charge in [0.2, 0.25) is 0 Å². The Hall–Kier alpha value is 0.940. The average Bonchev–Trinajstić information content (AvgIpc) is 2.38. The van der Waals surface area contributed by atoms with Crippen LogP contribution in [0.15, 0.2) is 18.2 Å². The van der Waals surface area contributed by atoms with E-state index in [4.69, 9.17) is 11.6 Å². The smallest absolute Gasteiger partial charge is 0.161 e. The van der Waals surface area contributed by atoms with Crippen molar-refractivity contribution < 1.29 is 4.79 Å². The van der Waals surface area contributed by atoms with Crippen molar-refractivity contribution in [3.63, 3.8) is 0 Å². The van der Waals surface area contributed by atoms with Gasteiger partial charge in [-0.1, -0.05) is 23.2 Å². The zero-order chi connectivity index (χ0) is 14.7. The summed E-state index contributed by atoms with van der Waals surface area (Å²) in [6.45, 7) is 3.45. The van der Waals surface area contributed by atoms with Gasteiger partial charge in [-0.3, -0.25) is 4.79 Å². The van der Waals surface area contributed by atoms with E-state index in [-0.39, 0.29) is 5.78 Å². The van der Waals surface area contributed by atoms with E-state index >= 15 is 0 Å². The minimum Gasteiger partial charge on any atom is -0.294 e. The highest BCUT2D eigenvalue weighted by Gasteiger charge is 2.03. The Morgan fingerprint density at radius 3 is 2.00 bits per heavy atom. The lowest BCUT2D eigenvalue weighted by Crippen LogP contribution is -1.93. The van der Waals surface area contributed by atoms with Crippen molar-refractivity contribution in [3.8, 4) is 0 Å². The SMILES string of the molecule is CC(=O)c1cc(C)ccc1Cl.S=S=S=S=S=S=S=S. The third-order valence-electron chi connectivity index (χ3n) is 1.64. The summed E-state index contributed by atoms with van der Waals surface area (Å²) < 4.78 is 0. The molecule has 0 amide bonds. The summed E-state index contributed by atoms with van der Waals surface area (Å²) in [5.41, 5.74) is 1.66. The van der Waals surface area contributed by atoms with E-state index in [0.717, 1.165) is 5.56 Å². The molecule has 0 unspecified atom stereocenters. The van der Waals surface area contributed by atoms with E-state index in [1.165, 1.54) is 24.7 Å². The molecule has 0 aliphatic rings. The number of halogens is 1. The Labute approximate surface area is 144 Å². The largest absolute Gasteiger partial charge is 0.294 e. The topological polar surface area (TPSA) is 17.1 Å². The fourth-order valence-corrected chi connectivity index (χ4v) is 12.2. The van der Waals surface area contributed by atoms with Gasteiger partial charge in [0, 0.05) is 81.2 Å². The van der Waals surface area contributed by atoms with E-state index in [1.54, 1.807) is 47.7 Å². The first kappa shape index (κ1) is 19.9. The molecule has 0 N–H and O–H groups in total. The molecule has 0 bridgehead atoms. The highest BCUT2D eigenvalue weighted by molar-refractivity contribution is 8.70. The summed E-state index contributed by atoms with van der Waals surface area (Å²) in [6, 6.07) is 5.42. The average molecular weight is 425 g/mol. The molecule has 1 rings (SSSR count). The first-order valence-corrected chi connectivity index (χ1v) is 14.3. The maximum atomic E-state index is 10.9. The quantitative estimate of drug-likeness (QED) is 0.645. The fourth-order valence-electron chi connectivity index (χ4n) is 0.954. The Morgan fingerprint density at radius 1 is 1.11 bits per heavy atom.